The zero-order valence-electron chi connectivity index (χ0n) is 11.4. The lowest BCUT2D eigenvalue weighted by atomic mass is 10.3. The summed E-state index contributed by atoms with van der Waals surface area (Å²) < 4.78 is 5.99. The summed E-state index contributed by atoms with van der Waals surface area (Å²) in [6.07, 6.45) is 2.89. The Balaban J connectivity index is 1.58. The van der Waals surface area contributed by atoms with E-state index in [0.717, 1.165) is 15.2 Å². The molecule has 2 heterocycles. The Labute approximate surface area is 134 Å². The minimum absolute atomic E-state index is 0.197. The number of Topliss-reactive ketones (excluding diaryl/α,β-unsaturated/α-hetero) is 1. The molecule has 0 saturated carbocycles. The molecule has 110 valence electrons. The Bertz CT molecular complexity index is 801. The number of esters is 1. The number of ether oxygens (including phenoxy) is 1. The number of aromatic nitrogens is 1. The van der Waals surface area contributed by atoms with Gasteiger partial charge in [-0.25, -0.2) is 9.78 Å². The van der Waals surface area contributed by atoms with E-state index in [0.29, 0.717) is 4.88 Å². The molecule has 0 aliphatic rings. The van der Waals surface area contributed by atoms with Crippen molar-refractivity contribution in [3.8, 4) is 0 Å². The average Bonchev–Trinajstić information content (AvgIpc) is 3.19. The number of hydrogen-bond acceptors (Lipinski definition) is 6. The molecule has 2 aromatic heterocycles. The van der Waals surface area contributed by atoms with Gasteiger partial charge in [0.2, 0.25) is 5.78 Å². The lowest BCUT2D eigenvalue weighted by Gasteiger charge is -1.98. The maximum atomic E-state index is 11.7. The van der Waals surface area contributed by atoms with Gasteiger partial charge in [-0.15, -0.1) is 22.7 Å². The van der Waals surface area contributed by atoms with Crippen LogP contribution in [0.3, 0.4) is 0 Å². The normalized spacial score (nSPS) is 11.1. The van der Waals surface area contributed by atoms with E-state index in [2.05, 4.69) is 4.98 Å². The molecule has 0 amide bonds. The van der Waals surface area contributed by atoms with Gasteiger partial charge in [-0.2, -0.15) is 0 Å². The standard InChI is InChI=1S/C16H11NO3S2/c18-12(14-6-3-9-21-14)10-20-16(19)8-7-15-17-11-4-1-2-5-13(11)22-15/h1-9H,10H2/b8-7+. The smallest absolute Gasteiger partial charge is 0.331 e. The third kappa shape index (κ3) is 3.47. The summed E-state index contributed by atoms with van der Waals surface area (Å²) in [5.74, 6) is -0.749. The summed E-state index contributed by atoms with van der Waals surface area (Å²) in [7, 11) is 0. The Morgan fingerprint density at radius 2 is 2.05 bits per heavy atom. The van der Waals surface area contributed by atoms with Crippen molar-refractivity contribution >= 4 is 50.7 Å². The molecule has 22 heavy (non-hydrogen) atoms. The van der Waals surface area contributed by atoms with Gasteiger partial charge in [0, 0.05) is 6.08 Å². The van der Waals surface area contributed by atoms with Crippen molar-refractivity contribution in [2.24, 2.45) is 0 Å². The Kier molecular flexibility index (Phi) is 4.41. The number of fused-ring (bicyclic) bond motifs is 1. The van der Waals surface area contributed by atoms with Crippen molar-refractivity contribution in [1.82, 2.24) is 4.98 Å². The van der Waals surface area contributed by atoms with E-state index in [9.17, 15) is 9.59 Å². The van der Waals surface area contributed by atoms with E-state index in [1.807, 2.05) is 29.6 Å². The average molecular weight is 329 g/mol. The number of nitrogens with zero attached hydrogens (tertiary/aromatic N) is 1. The van der Waals surface area contributed by atoms with Crippen LogP contribution in [0.25, 0.3) is 16.3 Å². The van der Waals surface area contributed by atoms with Gasteiger partial charge in [-0.3, -0.25) is 4.79 Å². The van der Waals surface area contributed by atoms with E-state index in [4.69, 9.17) is 4.74 Å². The molecular weight excluding hydrogens is 318 g/mol. The molecule has 1 aromatic carbocycles. The summed E-state index contributed by atoms with van der Waals surface area (Å²) in [6.45, 7) is -0.246. The first-order valence-electron chi connectivity index (χ1n) is 6.49. The van der Waals surface area contributed by atoms with Crippen LogP contribution in [-0.2, 0) is 9.53 Å². The highest BCUT2D eigenvalue weighted by molar-refractivity contribution is 7.19. The second-order valence-corrected chi connectivity index (χ2v) is 6.37. The summed E-state index contributed by atoms with van der Waals surface area (Å²) in [4.78, 5) is 28.3. The number of ketones is 1. The van der Waals surface area contributed by atoms with Crippen LogP contribution in [0.1, 0.15) is 14.7 Å². The molecule has 3 aromatic rings. The number of para-hydroxylation sites is 1. The van der Waals surface area contributed by atoms with Gasteiger partial charge in [0.1, 0.15) is 5.01 Å². The fourth-order valence-corrected chi connectivity index (χ4v) is 3.32. The predicted molar refractivity (Wildman–Crippen MR) is 88.3 cm³/mol. The van der Waals surface area contributed by atoms with Crippen molar-refractivity contribution in [3.05, 3.63) is 57.7 Å². The van der Waals surface area contributed by atoms with Crippen LogP contribution in [0.4, 0.5) is 0 Å². The van der Waals surface area contributed by atoms with Crippen molar-refractivity contribution < 1.29 is 14.3 Å². The van der Waals surface area contributed by atoms with Gasteiger partial charge < -0.3 is 4.74 Å². The van der Waals surface area contributed by atoms with E-state index < -0.39 is 5.97 Å². The van der Waals surface area contributed by atoms with Gasteiger partial charge in [0.25, 0.3) is 0 Å². The first-order valence-corrected chi connectivity index (χ1v) is 8.19. The van der Waals surface area contributed by atoms with Crippen molar-refractivity contribution in [2.45, 2.75) is 0 Å². The van der Waals surface area contributed by atoms with Crippen LogP contribution in [0, 0.1) is 0 Å². The molecule has 0 fully saturated rings. The first kappa shape index (κ1) is 14.6. The zero-order chi connectivity index (χ0) is 15.4. The first-order chi connectivity index (χ1) is 10.7. The quantitative estimate of drug-likeness (QED) is 0.406. The molecule has 0 radical (unpaired) electrons. The van der Waals surface area contributed by atoms with Gasteiger partial charge in [-0.05, 0) is 29.7 Å². The topological polar surface area (TPSA) is 56.3 Å². The lowest BCUT2D eigenvalue weighted by molar-refractivity contribution is -0.136. The monoisotopic (exact) mass is 329 g/mol. The molecule has 6 heteroatoms. The molecule has 0 spiro atoms. The number of rotatable bonds is 5. The van der Waals surface area contributed by atoms with Crippen molar-refractivity contribution in [3.63, 3.8) is 0 Å². The summed E-state index contributed by atoms with van der Waals surface area (Å²) in [6, 6.07) is 11.2. The second kappa shape index (κ2) is 6.64. The zero-order valence-corrected chi connectivity index (χ0v) is 13.0. The fraction of sp³-hybridized carbons (Fsp3) is 0.0625. The third-order valence-corrected chi connectivity index (χ3v) is 4.73. The largest absolute Gasteiger partial charge is 0.454 e. The Morgan fingerprint density at radius 3 is 2.82 bits per heavy atom. The fourth-order valence-electron chi connectivity index (χ4n) is 1.79. The molecule has 0 N–H and O–H groups in total. The highest BCUT2D eigenvalue weighted by atomic mass is 32.1. The summed E-state index contributed by atoms with van der Waals surface area (Å²) in [5, 5.41) is 2.53. The Hall–Kier alpha value is -2.31. The van der Waals surface area contributed by atoms with E-state index in [-0.39, 0.29) is 12.4 Å². The van der Waals surface area contributed by atoms with Gasteiger partial charge >= 0.3 is 5.97 Å². The minimum atomic E-state index is -0.552. The van der Waals surface area contributed by atoms with Gasteiger partial charge in [0.05, 0.1) is 15.1 Å². The number of benzene rings is 1. The van der Waals surface area contributed by atoms with Gasteiger partial charge in [-0.1, -0.05) is 18.2 Å². The van der Waals surface area contributed by atoms with Crippen LogP contribution >= 0.6 is 22.7 Å². The van der Waals surface area contributed by atoms with Crippen LogP contribution < -0.4 is 0 Å². The number of thiazole rings is 1. The maximum Gasteiger partial charge on any atom is 0.331 e. The Morgan fingerprint density at radius 1 is 1.18 bits per heavy atom. The highest BCUT2D eigenvalue weighted by Crippen LogP contribution is 2.22. The molecule has 0 atom stereocenters. The lowest BCUT2D eigenvalue weighted by Crippen LogP contribution is -2.11. The van der Waals surface area contributed by atoms with Crippen molar-refractivity contribution in [2.75, 3.05) is 6.61 Å². The van der Waals surface area contributed by atoms with Gasteiger partial charge in [0.15, 0.2) is 6.61 Å². The van der Waals surface area contributed by atoms with E-state index >= 15 is 0 Å². The van der Waals surface area contributed by atoms with Crippen LogP contribution in [-0.4, -0.2) is 23.3 Å². The number of thiophene rings is 1. The van der Waals surface area contributed by atoms with E-state index in [1.54, 1.807) is 18.2 Å². The van der Waals surface area contributed by atoms with Crippen LogP contribution in [0.5, 0.6) is 0 Å². The summed E-state index contributed by atoms with van der Waals surface area (Å²) >= 11 is 2.82. The molecular formula is C16H11NO3S2. The van der Waals surface area contributed by atoms with Crippen molar-refractivity contribution in [1.29, 1.82) is 0 Å². The molecule has 4 nitrogen and oxygen atoms in total. The molecule has 3 rings (SSSR count). The van der Waals surface area contributed by atoms with E-state index in [1.165, 1.54) is 28.7 Å². The number of hydrogen-bond donors (Lipinski definition) is 0. The second-order valence-electron chi connectivity index (χ2n) is 4.36. The predicted octanol–water partition coefficient (Wildman–Crippen LogP) is 3.80. The maximum absolute atomic E-state index is 11.7. The minimum Gasteiger partial charge on any atom is -0.454 e. The SMILES string of the molecule is O=C(/C=C/c1nc2ccccc2s1)OCC(=O)c1cccs1. The third-order valence-electron chi connectivity index (χ3n) is 2.81. The van der Waals surface area contributed by atoms with Crippen LogP contribution in [0.2, 0.25) is 0 Å². The molecule has 0 bridgehead atoms. The molecule has 0 aliphatic heterocycles. The molecule has 0 aliphatic carbocycles. The molecule has 0 unspecified atom stereocenters. The number of carbonyl (C=O) groups is 2. The summed E-state index contributed by atoms with van der Waals surface area (Å²) in [5.41, 5.74) is 0.897. The van der Waals surface area contributed by atoms with Crippen LogP contribution in [0.15, 0.2) is 47.9 Å². The number of carbonyl (C=O) groups excluding carboxylic acids is 2. The molecule has 0 saturated heterocycles. The highest BCUT2D eigenvalue weighted by Gasteiger charge is 2.09.